The second-order valence-corrected chi connectivity index (χ2v) is 5.13. The fourth-order valence-electron chi connectivity index (χ4n) is 1.85. The van der Waals surface area contributed by atoms with Crippen molar-refractivity contribution in [2.24, 2.45) is 5.92 Å². The van der Waals surface area contributed by atoms with Crippen LogP contribution >= 0.6 is 15.9 Å². The van der Waals surface area contributed by atoms with Gasteiger partial charge in [-0.15, -0.1) is 0 Å². The number of hydrogen-bond donors (Lipinski definition) is 2. The van der Waals surface area contributed by atoms with Crippen LogP contribution in [0.4, 0.5) is 11.5 Å². The van der Waals surface area contributed by atoms with Crippen molar-refractivity contribution in [2.45, 2.75) is 32.2 Å². The van der Waals surface area contributed by atoms with Crippen LogP contribution in [0, 0.1) is 5.92 Å². The molecule has 0 radical (unpaired) electrons. The zero-order chi connectivity index (χ0) is 10.8. The van der Waals surface area contributed by atoms with Gasteiger partial charge >= 0.3 is 0 Å². The van der Waals surface area contributed by atoms with E-state index in [9.17, 15) is 0 Å². The molecule has 1 unspecified atom stereocenters. The molecular weight excluding hydrogens is 254 g/mol. The van der Waals surface area contributed by atoms with Gasteiger partial charge in [0.1, 0.15) is 5.82 Å². The van der Waals surface area contributed by atoms with Gasteiger partial charge in [-0.2, -0.15) is 0 Å². The van der Waals surface area contributed by atoms with Crippen LogP contribution in [0.1, 0.15) is 26.2 Å². The molecule has 82 valence electrons. The van der Waals surface area contributed by atoms with Gasteiger partial charge in [0.15, 0.2) is 0 Å². The topological polar surface area (TPSA) is 50.9 Å². The van der Waals surface area contributed by atoms with Crippen LogP contribution in [0.25, 0.3) is 0 Å². The summed E-state index contributed by atoms with van der Waals surface area (Å²) < 4.78 is 0.918. The van der Waals surface area contributed by atoms with Gasteiger partial charge in [-0.3, -0.25) is 0 Å². The number of rotatable bonds is 3. The standard InChI is InChI=1S/C11H16BrN3/c1-7(8-3-2-4-8)15-11-10(13)5-9(12)6-14-11/h5-8H,2-4,13H2,1H3,(H,14,15). The highest BCUT2D eigenvalue weighted by molar-refractivity contribution is 9.10. The Balaban J connectivity index is 2.03. The highest BCUT2D eigenvalue weighted by Gasteiger charge is 2.24. The van der Waals surface area contributed by atoms with E-state index in [0.29, 0.717) is 11.7 Å². The Kier molecular flexibility index (Phi) is 3.14. The lowest BCUT2D eigenvalue weighted by atomic mass is 9.80. The van der Waals surface area contributed by atoms with Crippen LogP contribution < -0.4 is 11.1 Å². The lowest BCUT2D eigenvalue weighted by Crippen LogP contribution is -2.31. The number of pyridine rings is 1. The van der Waals surface area contributed by atoms with Crippen LogP contribution in [0.15, 0.2) is 16.7 Å². The Morgan fingerprint density at radius 3 is 2.87 bits per heavy atom. The highest BCUT2D eigenvalue weighted by atomic mass is 79.9. The molecular formula is C11H16BrN3. The van der Waals surface area contributed by atoms with Crippen molar-refractivity contribution < 1.29 is 0 Å². The van der Waals surface area contributed by atoms with Crippen molar-refractivity contribution in [3.8, 4) is 0 Å². The molecule has 4 heteroatoms. The van der Waals surface area contributed by atoms with Crippen molar-refractivity contribution >= 4 is 27.4 Å². The third-order valence-electron chi connectivity index (χ3n) is 3.11. The Labute approximate surface area is 98.6 Å². The summed E-state index contributed by atoms with van der Waals surface area (Å²) in [6.45, 7) is 2.20. The molecule has 1 fully saturated rings. The van der Waals surface area contributed by atoms with E-state index < -0.39 is 0 Å². The highest BCUT2D eigenvalue weighted by Crippen LogP contribution is 2.31. The van der Waals surface area contributed by atoms with E-state index in [1.54, 1.807) is 6.20 Å². The summed E-state index contributed by atoms with van der Waals surface area (Å²) in [4.78, 5) is 4.28. The fraction of sp³-hybridized carbons (Fsp3) is 0.545. The van der Waals surface area contributed by atoms with Crippen LogP contribution in [0.5, 0.6) is 0 Å². The summed E-state index contributed by atoms with van der Waals surface area (Å²) in [5, 5.41) is 3.38. The number of nitrogens with one attached hydrogen (secondary N) is 1. The molecule has 1 aromatic heterocycles. The molecule has 1 heterocycles. The molecule has 0 spiro atoms. The fourth-order valence-corrected chi connectivity index (χ4v) is 2.20. The molecule has 0 aromatic carbocycles. The Bertz CT molecular complexity index is 350. The van der Waals surface area contributed by atoms with Gasteiger partial charge in [-0.05, 0) is 47.7 Å². The number of nitrogens with zero attached hydrogens (tertiary/aromatic N) is 1. The number of hydrogen-bond acceptors (Lipinski definition) is 3. The van der Waals surface area contributed by atoms with E-state index in [1.165, 1.54) is 19.3 Å². The molecule has 1 saturated carbocycles. The smallest absolute Gasteiger partial charge is 0.149 e. The van der Waals surface area contributed by atoms with Gasteiger partial charge in [0.25, 0.3) is 0 Å². The number of nitrogens with two attached hydrogens (primary N) is 1. The molecule has 3 nitrogen and oxygen atoms in total. The predicted octanol–water partition coefficient (Wildman–Crippen LogP) is 3.03. The zero-order valence-corrected chi connectivity index (χ0v) is 10.4. The average Bonchev–Trinajstić information content (AvgIpc) is 2.07. The lowest BCUT2D eigenvalue weighted by molar-refractivity contribution is 0.285. The summed E-state index contributed by atoms with van der Waals surface area (Å²) in [5.41, 5.74) is 6.58. The molecule has 1 aliphatic carbocycles. The zero-order valence-electron chi connectivity index (χ0n) is 8.83. The molecule has 0 bridgehead atoms. The third kappa shape index (κ3) is 2.43. The van der Waals surface area contributed by atoms with Crippen molar-refractivity contribution in [2.75, 3.05) is 11.1 Å². The van der Waals surface area contributed by atoms with Crippen LogP contribution in [0.3, 0.4) is 0 Å². The predicted molar refractivity (Wildman–Crippen MR) is 66.8 cm³/mol. The van der Waals surface area contributed by atoms with Crippen LogP contribution in [-0.2, 0) is 0 Å². The van der Waals surface area contributed by atoms with Gasteiger partial charge in [-0.25, -0.2) is 4.98 Å². The summed E-state index contributed by atoms with van der Waals surface area (Å²) in [7, 11) is 0. The molecule has 2 rings (SSSR count). The summed E-state index contributed by atoms with van der Waals surface area (Å²) in [5.74, 6) is 1.59. The molecule has 0 saturated heterocycles. The van der Waals surface area contributed by atoms with E-state index in [4.69, 9.17) is 5.73 Å². The number of aromatic nitrogens is 1. The number of halogens is 1. The number of nitrogen functional groups attached to an aromatic ring is 1. The molecule has 3 N–H and O–H groups in total. The van der Waals surface area contributed by atoms with Crippen LogP contribution in [-0.4, -0.2) is 11.0 Å². The Hall–Kier alpha value is -0.770. The normalized spacial score (nSPS) is 18.3. The van der Waals surface area contributed by atoms with Crippen molar-refractivity contribution in [1.29, 1.82) is 0 Å². The maximum absolute atomic E-state index is 5.87. The SMILES string of the molecule is CC(Nc1ncc(Br)cc1N)C1CCC1. The van der Waals surface area contributed by atoms with Gasteiger partial charge in [0, 0.05) is 16.7 Å². The Morgan fingerprint density at radius 2 is 2.33 bits per heavy atom. The van der Waals surface area contributed by atoms with Gasteiger partial charge in [-0.1, -0.05) is 6.42 Å². The van der Waals surface area contributed by atoms with Crippen molar-refractivity contribution in [3.05, 3.63) is 16.7 Å². The van der Waals surface area contributed by atoms with E-state index >= 15 is 0 Å². The first-order valence-corrected chi connectivity index (χ1v) is 6.13. The first-order chi connectivity index (χ1) is 7.16. The Morgan fingerprint density at radius 1 is 1.60 bits per heavy atom. The average molecular weight is 270 g/mol. The van der Waals surface area contributed by atoms with Crippen molar-refractivity contribution in [1.82, 2.24) is 4.98 Å². The monoisotopic (exact) mass is 269 g/mol. The molecule has 0 amide bonds. The first kappa shape index (κ1) is 10.7. The molecule has 1 atom stereocenters. The minimum atomic E-state index is 0.467. The van der Waals surface area contributed by atoms with Crippen LogP contribution in [0.2, 0.25) is 0 Å². The minimum Gasteiger partial charge on any atom is -0.396 e. The summed E-state index contributed by atoms with van der Waals surface area (Å²) >= 11 is 3.35. The third-order valence-corrected chi connectivity index (χ3v) is 3.54. The lowest BCUT2D eigenvalue weighted by Gasteiger charge is -2.32. The largest absolute Gasteiger partial charge is 0.396 e. The maximum Gasteiger partial charge on any atom is 0.149 e. The second-order valence-electron chi connectivity index (χ2n) is 4.22. The summed E-state index contributed by atoms with van der Waals surface area (Å²) in [6.07, 6.45) is 5.78. The quantitative estimate of drug-likeness (QED) is 0.887. The van der Waals surface area contributed by atoms with E-state index in [2.05, 4.69) is 33.2 Å². The van der Waals surface area contributed by atoms with Gasteiger partial charge in [0.05, 0.1) is 5.69 Å². The first-order valence-electron chi connectivity index (χ1n) is 5.34. The van der Waals surface area contributed by atoms with E-state index in [0.717, 1.165) is 16.2 Å². The molecule has 1 aromatic rings. The minimum absolute atomic E-state index is 0.467. The maximum atomic E-state index is 5.87. The van der Waals surface area contributed by atoms with Gasteiger partial charge in [0.2, 0.25) is 0 Å². The second kappa shape index (κ2) is 4.39. The van der Waals surface area contributed by atoms with Gasteiger partial charge < -0.3 is 11.1 Å². The molecule has 1 aliphatic rings. The van der Waals surface area contributed by atoms with E-state index in [-0.39, 0.29) is 0 Å². The van der Waals surface area contributed by atoms with E-state index in [1.807, 2.05) is 6.07 Å². The summed E-state index contributed by atoms with van der Waals surface area (Å²) in [6, 6.07) is 2.35. The number of anilines is 2. The molecule has 15 heavy (non-hydrogen) atoms. The molecule has 0 aliphatic heterocycles. The van der Waals surface area contributed by atoms with Crippen molar-refractivity contribution in [3.63, 3.8) is 0 Å².